The maximum Gasteiger partial charge on any atom is 0.0547 e. The number of hydrogen-bond acceptors (Lipinski definition) is 4. The molecule has 1 unspecified atom stereocenters. The van der Waals surface area contributed by atoms with Crippen LogP contribution in [0.5, 0.6) is 0 Å². The largest absolute Gasteiger partial charge is 0.381 e. The molecule has 4 nitrogen and oxygen atoms in total. The quantitative estimate of drug-likeness (QED) is 0.769. The molecule has 1 aliphatic carbocycles. The van der Waals surface area contributed by atoms with Crippen LogP contribution in [-0.2, 0) is 4.74 Å². The summed E-state index contributed by atoms with van der Waals surface area (Å²) < 4.78 is 5.75. The summed E-state index contributed by atoms with van der Waals surface area (Å²) in [6, 6.07) is 0.934. The highest BCUT2D eigenvalue weighted by Crippen LogP contribution is 2.31. The number of piperazine rings is 1. The van der Waals surface area contributed by atoms with E-state index in [0.717, 1.165) is 38.3 Å². The molecule has 2 aliphatic heterocycles. The zero-order valence-corrected chi connectivity index (χ0v) is 13.9. The Morgan fingerprint density at radius 2 is 1.95 bits per heavy atom. The Morgan fingerprint density at radius 3 is 2.52 bits per heavy atom. The van der Waals surface area contributed by atoms with Crippen LogP contribution in [0.15, 0.2) is 0 Å². The average Bonchev–Trinajstić information content (AvgIpc) is 3.21. The van der Waals surface area contributed by atoms with Crippen LogP contribution >= 0.6 is 0 Å². The molecule has 3 fully saturated rings. The van der Waals surface area contributed by atoms with Gasteiger partial charge in [0, 0.05) is 57.3 Å². The van der Waals surface area contributed by atoms with Crippen molar-refractivity contribution in [1.29, 1.82) is 0 Å². The second-order valence-corrected chi connectivity index (χ2v) is 7.87. The maximum atomic E-state index is 5.75. The second-order valence-electron chi connectivity index (χ2n) is 7.87. The Balaban J connectivity index is 1.45. The minimum Gasteiger partial charge on any atom is -0.381 e. The van der Waals surface area contributed by atoms with Crippen molar-refractivity contribution in [2.75, 3.05) is 59.0 Å². The molecule has 2 saturated heterocycles. The van der Waals surface area contributed by atoms with E-state index in [-0.39, 0.29) is 0 Å². The molecule has 1 atom stereocenters. The molecule has 1 N–H and O–H groups in total. The summed E-state index contributed by atoms with van der Waals surface area (Å²) in [7, 11) is 0. The van der Waals surface area contributed by atoms with E-state index in [2.05, 4.69) is 29.0 Å². The van der Waals surface area contributed by atoms with Gasteiger partial charge in [0.1, 0.15) is 0 Å². The molecule has 1 saturated carbocycles. The Morgan fingerprint density at radius 1 is 1.19 bits per heavy atom. The third kappa shape index (κ3) is 4.41. The molecule has 122 valence electrons. The molecule has 0 aromatic rings. The van der Waals surface area contributed by atoms with Gasteiger partial charge in [-0.25, -0.2) is 0 Å². The SMILES string of the molecule is CC(C)CNCC1(CN2CCN(C3CC3)CC2)CCOC1. The third-order valence-corrected chi connectivity index (χ3v) is 5.27. The summed E-state index contributed by atoms with van der Waals surface area (Å²) >= 11 is 0. The fraction of sp³-hybridized carbons (Fsp3) is 1.00. The Hall–Kier alpha value is -0.160. The lowest BCUT2D eigenvalue weighted by Gasteiger charge is -2.40. The number of nitrogens with zero attached hydrogens (tertiary/aromatic N) is 2. The van der Waals surface area contributed by atoms with Gasteiger partial charge in [-0.15, -0.1) is 0 Å². The number of nitrogens with one attached hydrogen (secondary N) is 1. The van der Waals surface area contributed by atoms with E-state index in [4.69, 9.17) is 4.74 Å². The van der Waals surface area contributed by atoms with Crippen molar-refractivity contribution in [3.05, 3.63) is 0 Å². The first kappa shape index (κ1) is 15.7. The summed E-state index contributed by atoms with van der Waals surface area (Å²) in [5.74, 6) is 0.728. The summed E-state index contributed by atoms with van der Waals surface area (Å²) in [4.78, 5) is 5.38. The lowest BCUT2D eigenvalue weighted by Crippen LogP contribution is -2.52. The first-order valence-electron chi connectivity index (χ1n) is 8.92. The average molecular weight is 295 g/mol. The molecule has 0 aromatic carbocycles. The van der Waals surface area contributed by atoms with Crippen LogP contribution in [0.3, 0.4) is 0 Å². The van der Waals surface area contributed by atoms with Gasteiger partial charge < -0.3 is 15.0 Å². The molecule has 0 radical (unpaired) electrons. The molecular formula is C17H33N3O. The van der Waals surface area contributed by atoms with Gasteiger partial charge in [-0.3, -0.25) is 4.90 Å². The normalized spacial score (nSPS) is 32.1. The van der Waals surface area contributed by atoms with Crippen LogP contribution in [0.25, 0.3) is 0 Å². The predicted octanol–water partition coefficient (Wildman–Crippen LogP) is 1.42. The fourth-order valence-corrected chi connectivity index (χ4v) is 3.80. The van der Waals surface area contributed by atoms with Crippen LogP contribution in [0.2, 0.25) is 0 Å². The molecule has 4 heteroatoms. The zero-order valence-electron chi connectivity index (χ0n) is 13.9. The van der Waals surface area contributed by atoms with Gasteiger partial charge >= 0.3 is 0 Å². The molecule has 3 rings (SSSR count). The Bertz CT molecular complexity index is 316. The van der Waals surface area contributed by atoms with E-state index >= 15 is 0 Å². The van der Waals surface area contributed by atoms with Crippen LogP contribution in [0, 0.1) is 11.3 Å². The zero-order chi connectivity index (χ0) is 14.7. The van der Waals surface area contributed by atoms with E-state index in [1.807, 2.05) is 0 Å². The van der Waals surface area contributed by atoms with E-state index in [1.165, 1.54) is 52.0 Å². The van der Waals surface area contributed by atoms with Crippen molar-refractivity contribution in [2.45, 2.75) is 39.2 Å². The molecule has 0 amide bonds. The van der Waals surface area contributed by atoms with E-state index in [9.17, 15) is 0 Å². The topological polar surface area (TPSA) is 27.7 Å². The van der Waals surface area contributed by atoms with E-state index in [0.29, 0.717) is 5.41 Å². The van der Waals surface area contributed by atoms with Gasteiger partial charge in [-0.1, -0.05) is 13.8 Å². The van der Waals surface area contributed by atoms with E-state index < -0.39 is 0 Å². The minimum absolute atomic E-state index is 0.358. The summed E-state index contributed by atoms with van der Waals surface area (Å²) in [6.45, 7) is 15.0. The van der Waals surface area contributed by atoms with Crippen molar-refractivity contribution in [1.82, 2.24) is 15.1 Å². The van der Waals surface area contributed by atoms with Crippen LogP contribution < -0.4 is 5.32 Å². The smallest absolute Gasteiger partial charge is 0.0547 e. The van der Waals surface area contributed by atoms with Crippen LogP contribution in [0.1, 0.15) is 33.1 Å². The lowest BCUT2D eigenvalue weighted by atomic mass is 9.86. The highest BCUT2D eigenvalue weighted by Gasteiger charge is 2.38. The molecule has 3 aliphatic rings. The van der Waals surface area contributed by atoms with Crippen molar-refractivity contribution < 1.29 is 4.74 Å². The van der Waals surface area contributed by atoms with Crippen LogP contribution in [0.4, 0.5) is 0 Å². The monoisotopic (exact) mass is 295 g/mol. The summed E-state index contributed by atoms with van der Waals surface area (Å²) in [6.07, 6.45) is 4.11. The first-order valence-corrected chi connectivity index (χ1v) is 8.92. The van der Waals surface area contributed by atoms with Gasteiger partial charge in [0.15, 0.2) is 0 Å². The number of hydrogen-bond donors (Lipinski definition) is 1. The van der Waals surface area contributed by atoms with E-state index in [1.54, 1.807) is 0 Å². The van der Waals surface area contributed by atoms with Crippen molar-refractivity contribution >= 4 is 0 Å². The second kappa shape index (κ2) is 6.95. The number of ether oxygens (including phenoxy) is 1. The molecule has 21 heavy (non-hydrogen) atoms. The fourth-order valence-electron chi connectivity index (χ4n) is 3.80. The molecule has 0 bridgehead atoms. The predicted molar refractivity (Wildman–Crippen MR) is 86.6 cm³/mol. The van der Waals surface area contributed by atoms with Crippen molar-refractivity contribution in [3.8, 4) is 0 Å². The van der Waals surface area contributed by atoms with Crippen LogP contribution in [-0.4, -0.2) is 74.9 Å². The third-order valence-electron chi connectivity index (χ3n) is 5.27. The Kier molecular flexibility index (Phi) is 5.20. The highest BCUT2D eigenvalue weighted by molar-refractivity contribution is 4.92. The van der Waals surface area contributed by atoms with Crippen molar-refractivity contribution in [3.63, 3.8) is 0 Å². The minimum atomic E-state index is 0.358. The van der Waals surface area contributed by atoms with Gasteiger partial charge in [0.25, 0.3) is 0 Å². The highest BCUT2D eigenvalue weighted by atomic mass is 16.5. The van der Waals surface area contributed by atoms with Crippen molar-refractivity contribution in [2.24, 2.45) is 11.3 Å². The standard InChI is InChI=1S/C17H33N3O/c1-15(2)11-18-12-17(5-10-21-14-17)13-19-6-8-20(9-7-19)16-3-4-16/h15-16,18H,3-14H2,1-2H3. The maximum absolute atomic E-state index is 5.75. The molecular weight excluding hydrogens is 262 g/mol. The van der Waals surface area contributed by atoms with Gasteiger partial charge in [-0.05, 0) is 31.7 Å². The van der Waals surface area contributed by atoms with Gasteiger partial charge in [-0.2, -0.15) is 0 Å². The molecule has 0 aromatic heterocycles. The molecule has 0 spiro atoms. The number of rotatable bonds is 7. The Labute approximate surface area is 130 Å². The molecule has 2 heterocycles. The van der Waals surface area contributed by atoms with Gasteiger partial charge in [0.05, 0.1) is 6.61 Å². The lowest BCUT2D eigenvalue weighted by molar-refractivity contribution is 0.0683. The summed E-state index contributed by atoms with van der Waals surface area (Å²) in [5, 5.41) is 3.68. The first-order chi connectivity index (χ1) is 10.2. The summed E-state index contributed by atoms with van der Waals surface area (Å²) in [5.41, 5.74) is 0.358. The van der Waals surface area contributed by atoms with Gasteiger partial charge in [0.2, 0.25) is 0 Å².